The first-order chi connectivity index (χ1) is 8.40. The Morgan fingerprint density at radius 3 is 2.44 bits per heavy atom. The molecule has 1 aromatic carbocycles. The third-order valence-electron chi connectivity index (χ3n) is 2.63. The minimum absolute atomic E-state index is 0.00606. The van der Waals surface area contributed by atoms with Crippen LogP contribution in [0.1, 0.15) is 19.5 Å². The van der Waals surface area contributed by atoms with Crippen molar-refractivity contribution in [3.63, 3.8) is 0 Å². The highest BCUT2D eigenvalue weighted by atomic mass is 19.2. The molecule has 2 nitrogen and oxygen atoms in total. The van der Waals surface area contributed by atoms with Crippen molar-refractivity contribution in [3.8, 4) is 0 Å². The Kier molecular flexibility index (Phi) is 3.15. The second-order valence-electron chi connectivity index (χ2n) is 4.68. The summed E-state index contributed by atoms with van der Waals surface area (Å²) in [5.41, 5.74) is 6.02. The number of hydrogen-bond donors (Lipinski definition) is 1. The summed E-state index contributed by atoms with van der Waals surface area (Å²) in [6.07, 6.45) is 0.596. The lowest BCUT2D eigenvalue weighted by Crippen LogP contribution is -2.03. The SMILES string of the molecule is CC(C)Cc1cc(N)c2c(F)c(F)cc(F)c2n1. The quantitative estimate of drug-likeness (QED) is 0.834. The molecule has 5 heteroatoms. The number of rotatable bonds is 2. The Bertz CT molecular complexity index is 609. The summed E-state index contributed by atoms with van der Waals surface area (Å²) in [4.78, 5) is 4.02. The smallest absolute Gasteiger partial charge is 0.170 e. The summed E-state index contributed by atoms with van der Waals surface area (Å²) < 4.78 is 40.3. The normalized spacial score (nSPS) is 11.4. The zero-order chi connectivity index (χ0) is 13.4. The Morgan fingerprint density at radius 1 is 1.17 bits per heavy atom. The molecular weight excluding hydrogens is 241 g/mol. The molecule has 0 aliphatic rings. The van der Waals surface area contributed by atoms with Crippen LogP contribution in [0.5, 0.6) is 0 Å². The van der Waals surface area contributed by atoms with Gasteiger partial charge in [-0.3, -0.25) is 0 Å². The van der Waals surface area contributed by atoms with Gasteiger partial charge in [0.2, 0.25) is 0 Å². The Labute approximate surface area is 103 Å². The lowest BCUT2D eigenvalue weighted by atomic mass is 10.0. The summed E-state index contributed by atoms with van der Waals surface area (Å²) in [6.45, 7) is 3.95. The molecule has 0 fully saturated rings. The summed E-state index contributed by atoms with van der Waals surface area (Å²) in [7, 11) is 0. The summed E-state index contributed by atoms with van der Waals surface area (Å²) in [5.74, 6) is -3.01. The van der Waals surface area contributed by atoms with Crippen molar-refractivity contribution < 1.29 is 13.2 Å². The van der Waals surface area contributed by atoms with Gasteiger partial charge in [-0.25, -0.2) is 18.2 Å². The molecule has 2 N–H and O–H groups in total. The summed E-state index contributed by atoms with van der Waals surface area (Å²) in [6, 6.07) is 1.95. The highest BCUT2D eigenvalue weighted by molar-refractivity contribution is 5.91. The van der Waals surface area contributed by atoms with Crippen LogP contribution in [0, 0.1) is 23.4 Å². The van der Waals surface area contributed by atoms with Gasteiger partial charge >= 0.3 is 0 Å². The number of nitrogens with two attached hydrogens (primary N) is 1. The van der Waals surface area contributed by atoms with E-state index in [1.54, 1.807) is 0 Å². The zero-order valence-electron chi connectivity index (χ0n) is 10.1. The number of halogens is 3. The third-order valence-corrected chi connectivity index (χ3v) is 2.63. The molecule has 1 heterocycles. The highest BCUT2D eigenvalue weighted by Crippen LogP contribution is 2.28. The maximum absolute atomic E-state index is 13.6. The molecule has 0 unspecified atom stereocenters. The molecule has 0 atom stereocenters. The van der Waals surface area contributed by atoms with Gasteiger partial charge in [0, 0.05) is 17.4 Å². The lowest BCUT2D eigenvalue weighted by molar-refractivity contribution is 0.505. The first-order valence-electron chi connectivity index (χ1n) is 5.62. The number of hydrogen-bond acceptors (Lipinski definition) is 2. The van der Waals surface area contributed by atoms with Crippen molar-refractivity contribution >= 4 is 16.6 Å². The molecule has 1 aromatic heterocycles. The van der Waals surface area contributed by atoms with E-state index in [0.717, 1.165) is 0 Å². The Hall–Kier alpha value is -1.78. The molecule has 2 aromatic rings. The minimum Gasteiger partial charge on any atom is -0.398 e. The zero-order valence-corrected chi connectivity index (χ0v) is 10.1. The van der Waals surface area contributed by atoms with E-state index in [9.17, 15) is 13.2 Å². The van der Waals surface area contributed by atoms with Crippen molar-refractivity contribution in [3.05, 3.63) is 35.3 Å². The van der Waals surface area contributed by atoms with E-state index < -0.39 is 17.5 Å². The minimum atomic E-state index is -1.26. The molecule has 0 aliphatic heterocycles. The van der Waals surface area contributed by atoms with Crippen molar-refractivity contribution in [1.82, 2.24) is 4.98 Å². The molecule has 18 heavy (non-hydrogen) atoms. The lowest BCUT2D eigenvalue weighted by Gasteiger charge is -2.10. The van der Waals surface area contributed by atoms with Crippen LogP contribution in [-0.4, -0.2) is 4.98 Å². The van der Waals surface area contributed by atoms with Crippen LogP contribution < -0.4 is 5.73 Å². The van der Waals surface area contributed by atoms with Gasteiger partial charge in [-0.2, -0.15) is 0 Å². The van der Waals surface area contributed by atoms with Crippen LogP contribution >= 0.6 is 0 Å². The average Bonchev–Trinajstić information content (AvgIpc) is 2.24. The molecule has 0 saturated heterocycles. The van der Waals surface area contributed by atoms with E-state index in [0.29, 0.717) is 24.1 Å². The van der Waals surface area contributed by atoms with Crippen molar-refractivity contribution in [2.75, 3.05) is 5.73 Å². The monoisotopic (exact) mass is 254 g/mol. The van der Waals surface area contributed by atoms with Crippen molar-refractivity contribution in [1.29, 1.82) is 0 Å². The largest absolute Gasteiger partial charge is 0.398 e. The Balaban J connectivity index is 2.73. The predicted octanol–water partition coefficient (Wildman–Crippen LogP) is 3.43. The second kappa shape index (κ2) is 4.48. The second-order valence-corrected chi connectivity index (χ2v) is 4.68. The molecule has 0 saturated carbocycles. The number of aromatic nitrogens is 1. The molecule has 0 radical (unpaired) electrons. The topological polar surface area (TPSA) is 38.9 Å². The van der Waals surface area contributed by atoms with Crippen LogP contribution in [0.25, 0.3) is 10.9 Å². The van der Waals surface area contributed by atoms with Crippen LogP contribution in [0.15, 0.2) is 12.1 Å². The fraction of sp³-hybridized carbons (Fsp3) is 0.308. The van der Waals surface area contributed by atoms with E-state index in [2.05, 4.69) is 4.98 Å². The Morgan fingerprint density at radius 2 is 1.83 bits per heavy atom. The fourth-order valence-corrected chi connectivity index (χ4v) is 1.91. The van der Waals surface area contributed by atoms with Crippen LogP contribution in [0.3, 0.4) is 0 Å². The molecule has 0 amide bonds. The van der Waals surface area contributed by atoms with Gasteiger partial charge in [-0.1, -0.05) is 13.8 Å². The number of nitrogen functional groups attached to an aromatic ring is 1. The van der Waals surface area contributed by atoms with E-state index in [1.165, 1.54) is 6.07 Å². The van der Waals surface area contributed by atoms with Crippen LogP contribution in [-0.2, 0) is 6.42 Å². The maximum atomic E-state index is 13.6. The van der Waals surface area contributed by atoms with Crippen LogP contribution in [0.2, 0.25) is 0 Å². The maximum Gasteiger partial charge on any atom is 0.170 e. The summed E-state index contributed by atoms with van der Waals surface area (Å²) in [5, 5.41) is -0.292. The number of pyridine rings is 1. The number of anilines is 1. The number of fused-ring (bicyclic) bond motifs is 1. The first kappa shape index (κ1) is 12.7. The molecule has 96 valence electrons. The van der Waals surface area contributed by atoms with Gasteiger partial charge in [-0.15, -0.1) is 0 Å². The number of benzene rings is 1. The molecule has 0 bridgehead atoms. The molecular formula is C13H13F3N2. The third kappa shape index (κ3) is 2.12. The highest BCUT2D eigenvalue weighted by Gasteiger charge is 2.17. The van der Waals surface area contributed by atoms with E-state index >= 15 is 0 Å². The molecule has 2 rings (SSSR count). The van der Waals surface area contributed by atoms with Gasteiger partial charge < -0.3 is 5.73 Å². The van der Waals surface area contributed by atoms with Gasteiger partial charge in [0.1, 0.15) is 5.52 Å². The van der Waals surface area contributed by atoms with Gasteiger partial charge in [0.15, 0.2) is 17.5 Å². The van der Waals surface area contributed by atoms with Crippen molar-refractivity contribution in [2.45, 2.75) is 20.3 Å². The van der Waals surface area contributed by atoms with E-state index in [-0.39, 0.29) is 16.6 Å². The molecule has 0 aliphatic carbocycles. The first-order valence-corrected chi connectivity index (χ1v) is 5.62. The van der Waals surface area contributed by atoms with Crippen molar-refractivity contribution in [2.24, 2.45) is 5.92 Å². The van der Waals surface area contributed by atoms with Gasteiger partial charge in [0.05, 0.1) is 5.39 Å². The predicted molar refractivity (Wildman–Crippen MR) is 64.6 cm³/mol. The van der Waals surface area contributed by atoms with Gasteiger partial charge in [-0.05, 0) is 18.4 Å². The standard InChI is InChI=1S/C13H13F3N2/c1-6(2)3-7-4-10(17)11-12(16)8(14)5-9(15)13(11)18-7/h4-6H,3H2,1-2H3,(H2,17,18). The average molecular weight is 254 g/mol. The number of nitrogens with zero attached hydrogens (tertiary/aromatic N) is 1. The van der Waals surface area contributed by atoms with Crippen LogP contribution in [0.4, 0.5) is 18.9 Å². The molecule has 0 spiro atoms. The van der Waals surface area contributed by atoms with E-state index in [4.69, 9.17) is 5.73 Å². The van der Waals surface area contributed by atoms with E-state index in [1.807, 2.05) is 13.8 Å². The van der Waals surface area contributed by atoms with Gasteiger partial charge in [0.25, 0.3) is 0 Å². The summed E-state index contributed by atoms with van der Waals surface area (Å²) >= 11 is 0. The fourth-order valence-electron chi connectivity index (χ4n) is 1.91.